The maximum Gasteiger partial charge on any atom is 0.230 e. The zero-order valence-electron chi connectivity index (χ0n) is 14.4. The first kappa shape index (κ1) is 17.6. The Hall–Kier alpha value is -2.24. The molecule has 2 aromatic rings. The molecular formula is C20H23N3OS. The van der Waals surface area contributed by atoms with Crippen LogP contribution in [-0.4, -0.2) is 36.1 Å². The predicted octanol–water partition coefficient (Wildman–Crippen LogP) is 3.51. The van der Waals surface area contributed by atoms with E-state index in [1.807, 2.05) is 43.4 Å². The number of hydrogen-bond donors (Lipinski definition) is 2. The molecule has 0 aromatic heterocycles. The Morgan fingerprint density at radius 2 is 1.88 bits per heavy atom. The summed E-state index contributed by atoms with van der Waals surface area (Å²) >= 11 is 5.31. The Balaban J connectivity index is 1.60. The number of nitrogens with zero attached hydrogens (tertiary/aromatic N) is 1. The Bertz CT molecular complexity index is 748. The molecule has 1 fully saturated rings. The monoisotopic (exact) mass is 353 g/mol. The number of rotatable bonds is 3. The van der Waals surface area contributed by atoms with Crippen LogP contribution in [0.25, 0.3) is 11.1 Å². The van der Waals surface area contributed by atoms with E-state index >= 15 is 0 Å². The zero-order valence-corrected chi connectivity index (χ0v) is 15.2. The molecule has 0 bridgehead atoms. The molecule has 4 nitrogen and oxygen atoms in total. The van der Waals surface area contributed by atoms with Gasteiger partial charge in [0.25, 0.3) is 0 Å². The second-order valence-corrected chi connectivity index (χ2v) is 6.90. The molecule has 1 saturated heterocycles. The fourth-order valence-corrected chi connectivity index (χ4v) is 3.38. The molecule has 25 heavy (non-hydrogen) atoms. The molecule has 2 aromatic carbocycles. The predicted molar refractivity (Wildman–Crippen MR) is 106 cm³/mol. The van der Waals surface area contributed by atoms with E-state index in [1.54, 1.807) is 0 Å². The summed E-state index contributed by atoms with van der Waals surface area (Å²) in [5, 5.41) is 6.30. The van der Waals surface area contributed by atoms with Crippen molar-refractivity contribution in [3.05, 3.63) is 54.6 Å². The molecule has 1 heterocycles. The summed E-state index contributed by atoms with van der Waals surface area (Å²) in [6.07, 6.45) is 1.97. The summed E-state index contributed by atoms with van der Waals surface area (Å²) in [5.41, 5.74) is 3.12. The lowest BCUT2D eigenvalue weighted by atomic mass is 9.98. The number of likely N-dealkylation sites (tertiary alicyclic amines) is 1. The minimum absolute atomic E-state index is 0.00302. The lowest BCUT2D eigenvalue weighted by molar-refractivity contribution is -0.125. The van der Waals surface area contributed by atoms with Crippen molar-refractivity contribution in [2.24, 2.45) is 5.92 Å². The highest BCUT2D eigenvalue weighted by Crippen LogP contribution is 2.22. The van der Waals surface area contributed by atoms with Gasteiger partial charge in [0.15, 0.2) is 5.11 Å². The van der Waals surface area contributed by atoms with Gasteiger partial charge >= 0.3 is 0 Å². The molecule has 0 saturated carbocycles. The summed E-state index contributed by atoms with van der Waals surface area (Å²) in [5.74, 6) is 0.0115. The number of carbonyl (C=O) groups is 1. The smallest absolute Gasteiger partial charge is 0.230 e. The summed E-state index contributed by atoms with van der Waals surface area (Å²) < 4.78 is 0. The fourth-order valence-electron chi connectivity index (χ4n) is 3.16. The van der Waals surface area contributed by atoms with Gasteiger partial charge < -0.3 is 15.5 Å². The Labute approximate surface area is 154 Å². The standard InChI is InChI=1S/C20H23N3OS/c1-23-12-6-10-17(14-23)19(24)22-20(25)21-18-11-5-9-16(13-18)15-7-3-2-4-8-15/h2-5,7-9,11,13,17H,6,10,12,14H2,1H3,(H2,21,22,24,25). The summed E-state index contributed by atoms with van der Waals surface area (Å²) in [6, 6.07) is 18.2. The third-order valence-electron chi connectivity index (χ3n) is 4.46. The molecule has 1 aliphatic rings. The maximum atomic E-state index is 12.4. The Kier molecular flexibility index (Phi) is 5.79. The summed E-state index contributed by atoms with van der Waals surface area (Å²) in [7, 11) is 2.05. The molecule has 3 rings (SSSR count). The minimum atomic E-state index is 0.00302. The molecule has 0 aliphatic carbocycles. The van der Waals surface area contributed by atoms with Crippen LogP contribution in [-0.2, 0) is 4.79 Å². The van der Waals surface area contributed by atoms with E-state index in [9.17, 15) is 4.79 Å². The van der Waals surface area contributed by atoms with Crippen molar-refractivity contribution in [3.63, 3.8) is 0 Å². The molecule has 1 unspecified atom stereocenters. The van der Waals surface area contributed by atoms with Crippen molar-refractivity contribution >= 4 is 28.9 Å². The van der Waals surface area contributed by atoms with Gasteiger partial charge in [0, 0.05) is 12.2 Å². The lowest BCUT2D eigenvalue weighted by Crippen LogP contribution is -2.44. The number of nitrogens with one attached hydrogen (secondary N) is 2. The van der Waals surface area contributed by atoms with Gasteiger partial charge in [-0.1, -0.05) is 42.5 Å². The lowest BCUT2D eigenvalue weighted by Gasteiger charge is -2.28. The Morgan fingerprint density at radius 1 is 1.12 bits per heavy atom. The maximum absolute atomic E-state index is 12.4. The van der Waals surface area contributed by atoms with Gasteiger partial charge in [-0.2, -0.15) is 0 Å². The van der Waals surface area contributed by atoms with Crippen molar-refractivity contribution in [2.45, 2.75) is 12.8 Å². The minimum Gasteiger partial charge on any atom is -0.332 e. The van der Waals surface area contributed by atoms with E-state index in [2.05, 4.69) is 33.7 Å². The number of hydrogen-bond acceptors (Lipinski definition) is 3. The van der Waals surface area contributed by atoms with Crippen LogP contribution < -0.4 is 10.6 Å². The zero-order chi connectivity index (χ0) is 17.6. The average Bonchev–Trinajstić information content (AvgIpc) is 2.62. The number of benzene rings is 2. The van der Waals surface area contributed by atoms with Gasteiger partial charge in [0.1, 0.15) is 0 Å². The van der Waals surface area contributed by atoms with Gasteiger partial charge in [-0.3, -0.25) is 4.79 Å². The number of thiocarbonyl (C=S) groups is 1. The number of anilines is 1. The molecular weight excluding hydrogens is 330 g/mol. The van der Waals surface area contributed by atoms with Gasteiger partial charge in [0.05, 0.1) is 5.92 Å². The molecule has 0 spiro atoms. The molecule has 0 radical (unpaired) electrons. The number of piperidine rings is 1. The van der Waals surface area contributed by atoms with Crippen LogP contribution in [0.15, 0.2) is 54.6 Å². The first-order chi connectivity index (χ1) is 12.1. The number of amides is 1. The topological polar surface area (TPSA) is 44.4 Å². The third kappa shape index (κ3) is 4.87. The SMILES string of the molecule is CN1CCCC(C(=O)NC(=S)Nc2cccc(-c3ccccc3)c2)C1. The van der Waals surface area contributed by atoms with Crippen molar-refractivity contribution < 1.29 is 4.79 Å². The van der Waals surface area contributed by atoms with E-state index in [-0.39, 0.29) is 11.8 Å². The van der Waals surface area contributed by atoms with Crippen molar-refractivity contribution in [2.75, 3.05) is 25.5 Å². The van der Waals surface area contributed by atoms with Crippen LogP contribution in [0.2, 0.25) is 0 Å². The molecule has 1 atom stereocenters. The second kappa shape index (κ2) is 8.23. The first-order valence-electron chi connectivity index (χ1n) is 8.58. The van der Waals surface area contributed by atoms with Gasteiger partial charge in [-0.15, -0.1) is 0 Å². The van der Waals surface area contributed by atoms with Gasteiger partial charge in [-0.05, 0) is 61.9 Å². The van der Waals surface area contributed by atoms with E-state index in [1.165, 1.54) is 0 Å². The van der Waals surface area contributed by atoms with E-state index in [0.717, 1.165) is 42.7 Å². The van der Waals surface area contributed by atoms with Gasteiger partial charge in [-0.25, -0.2) is 0 Å². The normalized spacial score (nSPS) is 17.7. The van der Waals surface area contributed by atoms with Gasteiger partial charge in [0.2, 0.25) is 5.91 Å². The van der Waals surface area contributed by atoms with Crippen LogP contribution in [0.4, 0.5) is 5.69 Å². The molecule has 1 amide bonds. The highest BCUT2D eigenvalue weighted by molar-refractivity contribution is 7.80. The number of carbonyl (C=O) groups excluding carboxylic acids is 1. The molecule has 1 aliphatic heterocycles. The fraction of sp³-hybridized carbons (Fsp3) is 0.300. The van der Waals surface area contributed by atoms with Crippen molar-refractivity contribution in [1.82, 2.24) is 10.2 Å². The van der Waals surface area contributed by atoms with E-state index in [0.29, 0.717) is 5.11 Å². The third-order valence-corrected chi connectivity index (χ3v) is 4.66. The largest absolute Gasteiger partial charge is 0.332 e. The molecule has 5 heteroatoms. The Morgan fingerprint density at radius 3 is 2.64 bits per heavy atom. The van der Waals surface area contributed by atoms with Crippen LogP contribution in [0.3, 0.4) is 0 Å². The summed E-state index contributed by atoms with van der Waals surface area (Å²) in [4.78, 5) is 14.6. The van der Waals surface area contributed by atoms with Crippen molar-refractivity contribution in [3.8, 4) is 11.1 Å². The highest BCUT2D eigenvalue weighted by Gasteiger charge is 2.24. The van der Waals surface area contributed by atoms with Crippen LogP contribution in [0, 0.1) is 5.92 Å². The van der Waals surface area contributed by atoms with Crippen LogP contribution in [0.5, 0.6) is 0 Å². The first-order valence-corrected chi connectivity index (χ1v) is 8.98. The average molecular weight is 353 g/mol. The quantitative estimate of drug-likeness (QED) is 0.829. The van der Waals surface area contributed by atoms with Crippen LogP contribution >= 0.6 is 12.2 Å². The molecule has 130 valence electrons. The van der Waals surface area contributed by atoms with Crippen LogP contribution in [0.1, 0.15) is 12.8 Å². The van der Waals surface area contributed by atoms with E-state index < -0.39 is 0 Å². The molecule has 2 N–H and O–H groups in total. The summed E-state index contributed by atoms with van der Waals surface area (Å²) in [6.45, 7) is 1.84. The highest BCUT2D eigenvalue weighted by atomic mass is 32.1. The van der Waals surface area contributed by atoms with E-state index in [4.69, 9.17) is 12.2 Å². The van der Waals surface area contributed by atoms with Crippen molar-refractivity contribution in [1.29, 1.82) is 0 Å². The second-order valence-electron chi connectivity index (χ2n) is 6.49.